The Kier molecular flexibility index (Phi) is 4.09. The molecule has 1 aromatic heterocycles. The van der Waals surface area contributed by atoms with Gasteiger partial charge in [-0.25, -0.2) is 0 Å². The number of benzene rings is 1. The van der Waals surface area contributed by atoms with Crippen molar-refractivity contribution in [1.82, 2.24) is 5.32 Å². The van der Waals surface area contributed by atoms with E-state index in [4.69, 9.17) is 9.15 Å². The van der Waals surface area contributed by atoms with E-state index in [1.807, 2.05) is 38.2 Å². The highest BCUT2D eigenvalue weighted by Gasteiger charge is 2.18. The minimum Gasteiger partial charge on any atom is -0.496 e. The lowest BCUT2D eigenvalue weighted by molar-refractivity contribution is 0.411. The quantitative estimate of drug-likeness (QED) is 0.935. The SMILES string of the molecule is CNC(c1ccc(OC)c(Br)c1)c1occc1C. The zero-order valence-corrected chi connectivity index (χ0v) is 12.2. The van der Waals surface area contributed by atoms with Gasteiger partial charge in [-0.15, -0.1) is 0 Å². The lowest BCUT2D eigenvalue weighted by Crippen LogP contribution is -2.17. The zero-order valence-electron chi connectivity index (χ0n) is 10.7. The Morgan fingerprint density at radius 1 is 1.33 bits per heavy atom. The summed E-state index contributed by atoms with van der Waals surface area (Å²) in [7, 11) is 3.58. The van der Waals surface area contributed by atoms with Crippen LogP contribution in [0.2, 0.25) is 0 Å². The van der Waals surface area contributed by atoms with Crippen molar-refractivity contribution >= 4 is 15.9 Å². The Morgan fingerprint density at radius 3 is 2.61 bits per heavy atom. The maximum atomic E-state index is 5.56. The van der Waals surface area contributed by atoms with E-state index in [1.54, 1.807) is 13.4 Å². The number of ether oxygens (including phenoxy) is 1. The molecule has 96 valence electrons. The van der Waals surface area contributed by atoms with E-state index < -0.39 is 0 Å². The fraction of sp³-hybridized carbons (Fsp3) is 0.286. The molecule has 0 bridgehead atoms. The molecule has 0 aliphatic heterocycles. The first kappa shape index (κ1) is 13.2. The molecule has 0 fully saturated rings. The first-order valence-electron chi connectivity index (χ1n) is 5.72. The Labute approximate surface area is 115 Å². The fourth-order valence-electron chi connectivity index (χ4n) is 1.99. The van der Waals surface area contributed by atoms with E-state index >= 15 is 0 Å². The third kappa shape index (κ3) is 2.44. The summed E-state index contributed by atoms with van der Waals surface area (Å²) < 4.78 is 11.7. The molecule has 0 amide bonds. The molecule has 1 atom stereocenters. The molecule has 0 spiro atoms. The summed E-state index contributed by atoms with van der Waals surface area (Å²) in [5.41, 5.74) is 2.27. The van der Waals surface area contributed by atoms with Crippen LogP contribution in [-0.2, 0) is 0 Å². The first-order valence-corrected chi connectivity index (χ1v) is 6.51. The van der Waals surface area contributed by atoms with Crippen LogP contribution >= 0.6 is 15.9 Å². The lowest BCUT2D eigenvalue weighted by atomic mass is 10.0. The normalized spacial score (nSPS) is 12.4. The lowest BCUT2D eigenvalue weighted by Gasteiger charge is -2.16. The zero-order chi connectivity index (χ0) is 13.1. The number of rotatable bonds is 4. The minimum absolute atomic E-state index is 0.0437. The summed E-state index contributed by atoms with van der Waals surface area (Å²) in [6.45, 7) is 2.04. The number of aryl methyl sites for hydroxylation is 1. The van der Waals surface area contributed by atoms with E-state index in [9.17, 15) is 0 Å². The highest BCUT2D eigenvalue weighted by molar-refractivity contribution is 9.10. The van der Waals surface area contributed by atoms with E-state index in [0.29, 0.717) is 0 Å². The Balaban J connectivity index is 2.40. The number of hydrogen-bond donors (Lipinski definition) is 1. The molecule has 4 heteroatoms. The summed E-state index contributed by atoms with van der Waals surface area (Å²) in [4.78, 5) is 0. The van der Waals surface area contributed by atoms with Gasteiger partial charge in [0.1, 0.15) is 11.5 Å². The van der Waals surface area contributed by atoms with Gasteiger partial charge < -0.3 is 14.5 Å². The fourth-order valence-corrected chi connectivity index (χ4v) is 2.55. The summed E-state index contributed by atoms with van der Waals surface area (Å²) >= 11 is 3.50. The number of hydrogen-bond acceptors (Lipinski definition) is 3. The van der Waals surface area contributed by atoms with Gasteiger partial charge in [-0.05, 0) is 59.2 Å². The smallest absolute Gasteiger partial charge is 0.133 e. The number of nitrogens with one attached hydrogen (secondary N) is 1. The maximum absolute atomic E-state index is 5.56. The van der Waals surface area contributed by atoms with Crippen molar-refractivity contribution in [2.75, 3.05) is 14.2 Å². The van der Waals surface area contributed by atoms with Gasteiger partial charge >= 0.3 is 0 Å². The van der Waals surface area contributed by atoms with Crippen LogP contribution in [0.4, 0.5) is 0 Å². The molecule has 2 aromatic rings. The van der Waals surface area contributed by atoms with Crippen LogP contribution in [0.5, 0.6) is 5.75 Å². The van der Waals surface area contributed by atoms with Crippen molar-refractivity contribution in [2.24, 2.45) is 0 Å². The second-order valence-corrected chi connectivity index (χ2v) is 4.94. The predicted molar refractivity (Wildman–Crippen MR) is 75.0 cm³/mol. The van der Waals surface area contributed by atoms with Crippen molar-refractivity contribution in [3.8, 4) is 5.75 Å². The van der Waals surface area contributed by atoms with Crippen molar-refractivity contribution in [2.45, 2.75) is 13.0 Å². The molecule has 1 N–H and O–H groups in total. The topological polar surface area (TPSA) is 34.4 Å². The van der Waals surface area contributed by atoms with Gasteiger partial charge in [-0.2, -0.15) is 0 Å². The molecular formula is C14H16BrNO2. The van der Waals surface area contributed by atoms with Crippen molar-refractivity contribution in [3.05, 3.63) is 51.9 Å². The highest BCUT2D eigenvalue weighted by Crippen LogP contribution is 2.31. The molecule has 0 aliphatic rings. The highest BCUT2D eigenvalue weighted by atomic mass is 79.9. The van der Waals surface area contributed by atoms with Crippen LogP contribution in [0.15, 0.2) is 39.4 Å². The third-order valence-electron chi connectivity index (χ3n) is 2.96. The number of methoxy groups -OCH3 is 1. The molecule has 0 saturated carbocycles. The number of furan rings is 1. The van der Waals surface area contributed by atoms with Gasteiger partial charge in [0.05, 0.1) is 23.9 Å². The van der Waals surface area contributed by atoms with E-state index in [-0.39, 0.29) is 6.04 Å². The summed E-state index contributed by atoms with van der Waals surface area (Å²) in [5.74, 6) is 1.76. The summed E-state index contributed by atoms with van der Waals surface area (Å²) in [6, 6.07) is 8.04. The molecule has 0 radical (unpaired) electrons. The second kappa shape index (κ2) is 5.59. The van der Waals surface area contributed by atoms with Crippen molar-refractivity contribution in [3.63, 3.8) is 0 Å². The minimum atomic E-state index is 0.0437. The van der Waals surface area contributed by atoms with Crippen LogP contribution in [0.25, 0.3) is 0 Å². The van der Waals surface area contributed by atoms with Gasteiger partial charge in [0.2, 0.25) is 0 Å². The van der Waals surface area contributed by atoms with Crippen LogP contribution < -0.4 is 10.1 Å². The molecule has 18 heavy (non-hydrogen) atoms. The molecule has 1 aromatic carbocycles. The molecule has 0 saturated heterocycles. The van der Waals surface area contributed by atoms with Gasteiger partial charge in [-0.1, -0.05) is 6.07 Å². The van der Waals surface area contributed by atoms with Gasteiger partial charge in [-0.3, -0.25) is 0 Å². The molecule has 2 rings (SSSR count). The molecular weight excluding hydrogens is 294 g/mol. The van der Waals surface area contributed by atoms with Crippen LogP contribution in [0, 0.1) is 6.92 Å². The monoisotopic (exact) mass is 309 g/mol. The maximum Gasteiger partial charge on any atom is 0.133 e. The molecule has 3 nitrogen and oxygen atoms in total. The van der Waals surface area contributed by atoms with Crippen LogP contribution in [-0.4, -0.2) is 14.2 Å². The van der Waals surface area contributed by atoms with Crippen LogP contribution in [0.3, 0.4) is 0 Å². The number of halogens is 1. The predicted octanol–water partition coefficient (Wildman–Crippen LogP) is 3.67. The standard InChI is InChI=1S/C14H16BrNO2/c1-9-6-7-18-14(9)13(16-2)10-4-5-12(17-3)11(15)8-10/h4-8,13,16H,1-3H3. The first-order chi connectivity index (χ1) is 8.67. The van der Waals surface area contributed by atoms with Gasteiger partial charge in [0.25, 0.3) is 0 Å². The van der Waals surface area contributed by atoms with E-state index in [2.05, 4.69) is 21.2 Å². The summed E-state index contributed by atoms with van der Waals surface area (Å²) in [5, 5.41) is 3.27. The molecule has 1 unspecified atom stereocenters. The van der Waals surface area contributed by atoms with E-state index in [1.165, 1.54) is 0 Å². The largest absolute Gasteiger partial charge is 0.496 e. The van der Waals surface area contributed by atoms with Gasteiger partial charge in [0, 0.05) is 0 Å². The van der Waals surface area contributed by atoms with Crippen molar-refractivity contribution in [1.29, 1.82) is 0 Å². The Bertz CT molecular complexity index is 536. The van der Waals surface area contributed by atoms with Crippen LogP contribution in [0.1, 0.15) is 22.9 Å². The Morgan fingerprint density at radius 2 is 2.11 bits per heavy atom. The molecule has 0 aliphatic carbocycles. The van der Waals surface area contributed by atoms with Crippen molar-refractivity contribution < 1.29 is 9.15 Å². The van der Waals surface area contributed by atoms with E-state index in [0.717, 1.165) is 27.1 Å². The summed E-state index contributed by atoms with van der Waals surface area (Å²) in [6.07, 6.45) is 1.72. The average Bonchev–Trinajstić information content (AvgIpc) is 2.77. The average molecular weight is 310 g/mol. The third-order valence-corrected chi connectivity index (χ3v) is 3.58. The van der Waals surface area contributed by atoms with Gasteiger partial charge in [0.15, 0.2) is 0 Å². The molecule has 1 heterocycles. The Hall–Kier alpha value is -1.26. The second-order valence-electron chi connectivity index (χ2n) is 4.08.